The maximum absolute atomic E-state index is 12.6. The van der Waals surface area contributed by atoms with Gasteiger partial charge in [0.15, 0.2) is 0 Å². The van der Waals surface area contributed by atoms with Gasteiger partial charge in [0.1, 0.15) is 6.33 Å². The Morgan fingerprint density at radius 2 is 2.20 bits per heavy atom. The summed E-state index contributed by atoms with van der Waals surface area (Å²) in [5, 5.41) is 13.6. The summed E-state index contributed by atoms with van der Waals surface area (Å²) in [6, 6.07) is 0. The Hall–Kier alpha value is -1.51. The van der Waals surface area contributed by atoms with Crippen LogP contribution in [0.4, 0.5) is 0 Å². The highest BCUT2D eigenvalue weighted by molar-refractivity contribution is 5.90. The lowest BCUT2D eigenvalue weighted by atomic mass is 9.76. The van der Waals surface area contributed by atoms with E-state index in [1.54, 1.807) is 7.05 Å². The van der Waals surface area contributed by atoms with Crippen LogP contribution in [0.15, 0.2) is 6.33 Å². The number of piperidine rings is 1. The van der Waals surface area contributed by atoms with E-state index in [1.165, 1.54) is 11.0 Å². The molecule has 0 bridgehead atoms. The molecule has 3 fully saturated rings. The minimum Gasteiger partial charge on any atom is -0.392 e. The van der Waals surface area contributed by atoms with Crippen molar-refractivity contribution in [2.45, 2.75) is 37.9 Å². The summed E-state index contributed by atoms with van der Waals surface area (Å²) in [7, 11) is 1.75. The molecule has 0 saturated carbocycles. The van der Waals surface area contributed by atoms with E-state index in [0.29, 0.717) is 5.82 Å². The van der Waals surface area contributed by atoms with Crippen molar-refractivity contribution in [1.82, 2.24) is 24.6 Å². The number of rotatable bonds is 3. The molecule has 8 heteroatoms. The predicted octanol–water partition coefficient (Wildman–Crippen LogP) is -0.107. The summed E-state index contributed by atoms with van der Waals surface area (Å²) in [6.07, 6.45) is 5.40. The van der Waals surface area contributed by atoms with Gasteiger partial charge in [-0.15, -0.1) is 0 Å². The van der Waals surface area contributed by atoms with Gasteiger partial charge in [0.05, 0.1) is 18.8 Å². The zero-order valence-corrected chi connectivity index (χ0v) is 14.8. The second kappa shape index (κ2) is 6.66. The number of ether oxygens (including phenoxy) is 1. The third kappa shape index (κ3) is 3.43. The Balaban J connectivity index is 1.30. The molecule has 3 aliphatic heterocycles. The average molecular weight is 349 g/mol. The van der Waals surface area contributed by atoms with E-state index >= 15 is 0 Å². The third-order valence-electron chi connectivity index (χ3n) is 6.01. The zero-order valence-electron chi connectivity index (χ0n) is 14.8. The number of carbonyl (C=O) groups excluding carboxylic acids is 1. The highest BCUT2D eigenvalue weighted by atomic mass is 16.5. The highest BCUT2D eigenvalue weighted by Gasteiger charge is 2.44. The minimum absolute atomic E-state index is 0.0311. The second-order valence-corrected chi connectivity index (χ2v) is 7.84. The monoisotopic (exact) mass is 349 g/mol. The summed E-state index contributed by atoms with van der Waals surface area (Å²) in [6.45, 7) is 4.95. The average Bonchev–Trinajstić information content (AvgIpc) is 3.30. The predicted molar refractivity (Wildman–Crippen MR) is 90.0 cm³/mol. The van der Waals surface area contributed by atoms with Crippen molar-refractivity contribution < 1.29 is 14.6 Å². The fourth-order valence-corrected chi connectivity index (χ4v) is 4.44. The molecule has 3 aliphatic rings. The van der Waals surface area contributed by atoms with Crippen molar-refractivity contribution in [3.8, 4) is 0 Å². The van der Waals surface area contributed by atoms with Gasteiger partial charge in [0.2, 0.25) is 5.82 Å². The zero-order chi connectivity index (χ0) is 17.4. The van der Waals surface area contributed by atoms with Gasteiger partial charge >= 0.3 is 0 Å². The summed E-state index contributed by atoms with van der Waals surface area (Å²) < 4.78 is 7.61. The van der Waals surface area contributed by atoms with Crippen LogP contribution in [0.25, 0.3) is 0 Å². The lowest BCUT2D eigenvalue weighted by Gasteiger charge is -2.38. The van der Waals surface area contributed by atoms with Gasteiger partial charge in [-0.3, -0.25) is 9.69 Å². The van der Waals surface area contributed by atoms with Crippen molar-refractivity contribution in [3.63, 3.8) is 0 Å². The molecular weight excluding hydrogens is 322 g/mol. The van der Waals surface area contributed by atoms with Crippen LogP contribution in [0.5, 0.6) is 0 Å². The van der Waals surface area contributed by atoms with Crippen LogP contribution in [0.1, 0.15) is 36.3 Å². The molecule has 1 N–H and O–H groups in total. The first-order chi connectivity index (χ1) is 12.0. The molecule has 138 valence electrons. The Bertz CT molecular complexity index is 626. The molecule has 4 heterocycles. The van der Waals surface area contributed by atoms with Crippen LogP contribution in [-0.4, -0.2) is 87.1 Å². The first kappa shape index (κ1) is 16.9. The van der Waals surface area contributed by atoms with Crippen molar-refractivity contribution in [2.24, 2.45) is 12.5 Å². The first-order valence-corrected chi connectivity index (χ1v) is 9.20. The molecule has 0 aliphatic carbocycles. The molecule has 2 unspecified atom stereocenters. The number of aliphatic hydroxyl groups excluding tert-OH is 1. The fourth-order valence-electron chi connectivity index (χ4n) is 4.44. The second-order valence-electron chi connectivity index (χ2n) is 7.84. The van der Waals surface area contributed by atoms with Gasteiger partial charge in [0.25, 0.3) is 5.91 Å². The van der Waals surface area contributed by atoms with Crippen LogP contribution in [0.2, 0.25) is 0 Å². The normalized spacial score (nSPS) is 29.6. The molecular formula is C17H27N5O3. The Morgan fingerprint density at radius 1 is 1.40 bits per heavy atom. The highest BCUT2D eigenvalue weighted by Crippen LogP contribution is 2.42. The number of β-amino-alcohol motifs (C(OH)–C–C–N with tert-alkyl or cyclic N) is 1. The van der Waals surface area contributed by atoms with E-state index in [0.717, 1.165) is 65.0 Å². The standard InChI is InChI=1S/C17H27N5O3/c1-20-15(18-12-19-20)16(24)22-6-3-17(4-7-22)8-14(25-11-17)10-21-5-2-13(23)9-21/h12-14,23H,2-11H2,1H3. The molecule has 0 aromatic carbocycles. The molecule has 0 radical (unpaired) electrons. The quantitative estimate of drug-likeness (QED) is 0.820. The number of hydrogen-bond donors (Lipinski definition) is 1. The lowest BCUT2D eigenvalue weighted by Crippen LogP contribution is -2.44. The lowest BCUT2D eigenvalue weighted by molar-refractivity contribution is 0.0442. The van der Waals surface area contributed by atoms with Crippen LogP contribution in [0.3, 0.4) is 0 Å². The smallest absolute Gasteiger partial charge is 0.291 e. The molecule has 4 rings (SSSR count). The largest absolute Gasteiger partial charge is 0.392 e. The van der Waals surface area contributed by atoms with Gasteiger partial charge < -0.3 is 14.7 Å². The number of aromatic nitrogens is 3. The maximum atomic E-state index is 12.6. The van der Waals surface area contributed by atoms with Crippen molar-refractivity contribution >= 4 is 5.91 Å². The number of aliphatic hydroxyl groups is 1. The van der Waals surface area contributed by atoms with Crippen LogP contribution in [0, 0.1) is 5.41 Å². The SMILES string of the molecule is Cn1ncnc1C(=O)N1CCC2(CC1)COC(CN1CCC(O)C1)C2. The number of hydrogen-bond acceptors (Lipinski definition) is 6. The van der Waals surface area contributed by atoms with E-state index in [9.17, 15) is 9.90 Å². The van der Waals surface area contributed by atoms with E-state index in [2.05, 4.69) is 15.0 Å². The van der Waals surface area contributed by atoms with Gasteiger partial charge in [-0.1, -0.05) is 0 Å². The molecule has 3 saturated heterocycles. The van der Waals surface area contributed by atoms with E-state index in [4.69, 9.17) is 4.74 Å². The Kier molecular flexibility index (Phi) is 4.51. The fraction of sp³-hybridized carbons (Fsp3) is 0.824. The van der Waals surface area contributed by atoms with Gasteiger partial charge in [-0.25, -0.2) is 9.67 Å². The first-order valence-electron chi connectivity index (χ1n) is 9.20. The minimum atomic E-state index is -0.176. The number of nitrogens with zero attached hydrogens (tertiary/aromatic N) is 5. The van der Waals surface area contributed by atoms with Crippen molar-refractivity contribution in [3.05, 3.63) is 12.2 Å². The molecule has 1 spiro atoms. The van der Waals surface area contributed by atoms with Gasteiger partial charge in [-0.2, -0.15) is 5.10 Å². The summed E-state index contributed by atoms with van der Waals surface area (Å²) >= 11 is 0. The topological polar surface area (TPSA) is 83.7 Å². The number of likely N-dealkylation sites (tertiary alicyclic amines) is 2. The van der Waals surface area contributed by atoms with Gasteiger partial charge in [0, 0.05) is 39.8 Å². The summed E-state index contributed by atoms with van der Waals surface area (Å²) in [5.74, 6) is 0.375. The number of amides is 1. The van der Waals surface area contributed by atoms with E-state index < -0.39 is 0 Å². The maximum Gasteiger partial charge on any atom is 0.291 e. The van der Waals surface area contributed by atoms with Crippen LogP contribution >= 0.6 is 0 Å². The van der Waals surface area contributed by atoms with Crippen molar-refractivity contribution in [1.29, 1.82) is 0 Å². The molecule has 1 amide bonds. The summed E-state index contributed by atoms with van der Waals surface area (Å²) in [5.41, 5.74) is 0.208. The van der Waals surface area contributed by atoms with E-state index in [-0.39, 0.29) is 23.5 Å². The Morgan fingerprint density at radius 3 is 2.84 bits per heavy atom. The molecule has 1 aromatic heterocycles. The molecule has 2 atom stereocenters. The Labute approximate surface area is 147 Å². The van der Waals surface area contributed by atoms with Crippen LogP contribution in [-0.2, 0) is 11.8 Å². The molecule has 8 nitrogen and oxygen atoms in total. The van der Waals surface area contributed by atoms with Crippen molar-refractivity contribution in [2.75, 3.05) is 39.3 Å². The van der Waals surface area contributed by atoms with Gasteiger partial charge in [-0.05, 0) is 31.1 Å². The summed E-state index contributed by atoms with van der Waals surface area (Å²) in [4.78, 5) is 20.8. The van der Waals surface area contributed by atoms with Crippen LogP contribution < -0.4 is 0 Å². The van der Waals surface area contributed by atoms with E-state index in [1.807, 2.05) is 4.90 Å². The molecule has 1 aromatic rings. The third-order valence-corrected chi connectivity index (χ3v) is 6.01. The molecule has 25 heavy (non-hydrogen) atoms. The number of carbonyl (C=O) groups is 1. The number of aryl methyl sites for hydroxylation is 1.